The Morgan fingerprint density at radius 2 is 1.87 bits per heavy atom. The van der Waals surface area contributed by atoms with Gasteiger partial charge in [0, 0.05) is 28.7 Å². The maximum Gasteiger partial charge on any atom is 0.325 e. The quantitative estimate of drug-likeness (QED) is 0.458. The first kappa shape index (κ1) is 20.7. The van der Waals surface area contributed by atoms with Crippen LogP contribution in [0.2, 0.25) is 0 Å². The summed E-state index contributed by atoms with van der Waals surface area (Å²) in [6.07, 6.45) is 0. The molecule has 0 saturated carbocycles. The minimum atomic E-state index is -0.420. The highest BCUT2D eigenvalue weighted by Crippen LogP contribution is 2.39. The van der Waals surface area contributed by atoms with E-state index in [2.05, 4.69) is 10.4 Å². The van der Waals surface area contributed by atoms with E-state index in [1.165, 1.54) is 4.68 Å². The van der Waals surface area contributed by atoms with E-state index in [1.807, 2.05) is 31.1 Å². The van der Waals surface area contributed by atoms with Crippen LogP contribution in [0.25, 0.3) is 22.0 Å². The summed E-state index contributed by atoms with van der Waals surface area (Å²) in [5.74, 6) is -0.622. The summed E-state index contributed by atoms with van der Waals surface area (Å²) in [5, 5.41) is 8.60. The Morgan fingerprint density at radius 3 is 2.58 bits per heavy atom. The normalized spacial score (nSPS) is 12.2. The van der Waals surface area contributed by atoms with Gasteiger partial charge in [-0.05, 0) is 33.2 Å². The average Bonchev–Trinajstić information content (AvgIpc) is 2.76. The smallest absolute Gasteiger partial charge is 0.325 e. The van der Waals surface area contributed by atoms with Crippen LogP contribution >= 0.6 is 0 Å². The molecular formula is C23H24N4O4. The zero-order valence-electron chi connectivity index (χ0n) is 17.8. The maximum atomic E-state index is 13.4. The number of hydrogen-bond acceptors (Lipinski definition) is 7. The summed E-state index contributed by atoms with van der Waals surface area (Å²) in [4.78, 5) is 40.3. The van der Waals surface area contributed by atoms with E-state index in [0.717, 1.165) is 0 Å². The third kappa shape index (κ3) is 3.70. The summed E-state index contributed by atoms with van der Waals surface area (Å²) < 4.78 is 6.43. The van der Waals surface area contributed by atoms with E-state index in [4.69, 9.17) is 4.74 Å². The van der Waals surface area contributed by atoms with E-state index in [1.54, 1.807) is 31.2 Å². The molecule has 3 aromatic rings. The lowest BCUT2D eigenvalue weighted by Crippen LogP contribution is -2.30. The van der Waals surface area contributed by atoms with Crippen molar-refractivity contribution in [1.82, 2.24) is 14.7 Å². The summed E-state index contributed by atoms with van der Waals surface area (Å²) >= 11 is 0. The number of aromatic nitrogens is 2. The fourth-order valence-corrected chi connectivity index (χ4v) is 3.80. The first-order chi connectivity index (χ1) is 14.9. The highest BCUT2D eigenvalue weighted by atomic mass is 16.5. The zero-order valence-corrected chi connectivity index (χ0v) is 17.8. The van der Waals surface area contributed by atoms with Gasteiger partial charge in [-0.1, -0.05) is 24.3 Å². The lowest BCUT2D eigenvalue weighted by molar-refractivity contribution is -0.140. The Balaban J connectivity index is 1.93. The predicted molar refractivity (Wildman–Crippen MR) is 119 cm³/mol. The Kier molecular flexibility index (Phi) is 5.56. The molecule has 1 N–H and O–H groups in total. The van der Waals surface area contributed by atoms with Crippen LogP contribution in [-0.4, -0.2) is 60.2 Å². The predicted octanol–water partition coefficient (Wildman–Crippen LogP) is 2.14. The number of fused-ring (bicyclic) bond motifs is 2. The topological polar surface area (TPSA) is 93.5 Å². The molecule has 0 aliphatic heterocycles. The molecule has 2 aromatic carbocycles. The number of ether oxygens (including phenoxy) is 1. The van der Waals surface area contributed by atoms with E-state index < -0.39 is 5.97 Å². The van der Waals surface area contributed by atoms with Crippen molar-refractivity contribution in [3.05, 3.63) is 57.9 Å². The van der Waals surface area contributed by atoms with Crippen LogP contribution in [0.4, 0.5) is 5.69 Å². The van der Waals surface area contributed by atoms with Crippen molar-refractivity contribution in [2.45, 2.75) is 13.5 Å². The molecule has 4 rings (SSSR count). The van der Waals surface area contributed by atoms with Crippen LogP contribution in [0, 0.1) is 0 Å². The molecule has 0 atom stereocenters. The second-order valence-electron chi connectivity index (χ2n) is 7.62. The molecule has 160 valence electrons. The second kappa shape index (κ2) is 8.31. The number of ketones is 1. The van der Waals surface area contributed by atoms with Crippen molar-refractivity contribution in [2.24, 2.45) is 0 Å². The molecule has 0 amide bonds. The Morgan fingerprint density at radius 1 is 1.13 bits per heavy atom. The monoisotopic (exact) mass is 420 g/mol. The van der Waals surface area contributed by atoms with Crippen molar-refractivity contribution in [1.29, 1.82) is 0 Å². The summed E-state index contributed by atoms with van der Waals surface area (Å²) in [5.41, 5.74) is 2.41. The van der Waals surface area contributed by atoms with E-state index >= 15 is 0 Å². The Hall–Kier alpha value is -3.52. The van der Waals surface area contributed by atoms with Gasteiger partial charge in [-0.3, -0.25) is 14.4 Å². The van der Waals surface area contributed by atoms with Gasteiger partial charge in [-0.2, -0.15) is 5.10 Å². The Bertz CT molecular complexity index is 1250. The molecule has 0 saturated heterocycles. The molecule has 0 radical (unpaired) electrons. The number of carbonyl (C=O) groups is 2. The SMILES string of the molecule is CCOC(=O)CNc1ccc2c(=O)n(CCN(C)C)nc3c2c1C(=O)c1ccccc1-3. The number of likely N-dealkylation sites (N-methyl/N-ethyl adjacent to an activating group) is 1. The van der Waals surface area contributed by atoms with Crippen LogP contribution < -0.4 is 10.9 Å². The second-order valence-corrected chi connectivity index (χ2v) is 7.62. The summed E-state index contributed by atoms with van der Waals surface area (Å²) in [6.45, 7) is 3.02. The molecule has 1 aromatic heterocycles. The van der Waals surface area contributed by atoms with Crippen molar-refractivity contribution < 1.29 is 14.3 Å². The van der Waals surface area contributed by atoms with Gasteiger partial charge in [0.2, 0.25) is 0 Å². The molecule has 0 spiro atoms. The number of benzene rings is 2. The largest absolute Gasteiger partial charge is 0.465 e. The number of esters is 1. The highest BCUT2D eigenvalue weighted by molar-refractivity contribution is 6.27. The van der Waals surface area contributed by atoms with Crippen molar-refractivity contribution in [3.8, 4) is 11.3 Å². The number of nitrogens with one attached hydrogen (secondary N) is 1. The Labute approximate surface area is 179 Å². The van der Waals surface area contributed by atoms with Gasteiger partial charge in [-0.25, -0.2) is 4.68 Å². The average molecular weight is 420 g/mol. The number of hydrogen-bond donors (Lipinski definition) is 1. The van der Waals surface area contributed by atoms with E-state index in [-0.39, 0.29) is 24.5 Å². The summed E-state index contributed by atoms with van der Waals surface area (Å²) in [6, 6.07) is 10.6. The van der Waals surface area contributed by atoms with Crippen LogP contribution in [0.3, 0.4) is 0 Å². The summed E-state index contributed by atoms with van der Waals surface area (Å²) in [7, 11) is 3.87. The number of nitrogens with zero attached hydrogens (tertiary/aromatic N) is 3. The van der Waals surface area contributed by atoms with Crippen LogP contribution in [0.15, 0.2) is 41.2 Å². The molecule has 1 aliphatic rings. The minimum absolute atomic E-state index is 0.0794. The maximum absolute atomic E-state index is 13.4. The third-order valence-electron chi connectivity index (χ3n) is 5.27. The molecule has 8 heteroatoms. The van der Waals surface area contributed by atoms with E-state index in [0.29, 0.717) is 51.9 Å². The van der Waals surface area contributed by atoms with Gasteiger partial charge < -0.3 is 15.0 Å². The van der Waals surface area contributed by atoms with Gasteiger partial charge in [0.25, 0.3) is 5.56 Å². The third-order valence-corrected chi connectivity index (χ3v) is 5.27. The number of anilines is 1. The van der Waals surface area contributed by atoms with Gasteiger partial charge >= 0.3 is 5.97 Å². The fourth-order valence-electron chi connectivity index (χ4n) is 3.80. The lowest BCUT2D eigenvalue weighted by Gasteiger charge is -2.23. The molecule has 0 unspecified atom stereocenters. The van der Waals surface area contributed by atoms with Crippen LogP contribution in [0.1, 0.15) is 22.8 Å². The highest BCUT2D eigenvalue weighted by Gasteiger charge is 2.30. The van der Waals surface area contributed by atoms with E-state index in [9.17, 15) is 14.4 Å². The van der Waals surface area contributed by atoms with Gasteiger partial charge in [0.15, 0.2) is 5.78 Å². The lowest BCUT2D eigenvalue weighted by atomic mass is 9.85. The van der Waals surface area contributed by atoms with Crippen LogP contribution in [0.5, 0.6) is 0 Å². The van der Waals surface area contributed by atoms with Crippen molar-refractivity contribution in [3.63, 3.8) is 0 Å². The standard InChI is InChI=1S/C23H24N4O4/c1-4-31-18(28)13-24-17-10-9-16-19-20(17)22(29)15-8-6-5-7-14(15)21(19)25-27(23(16)30)12-11-26(2)3/h5-10,24H,4,11-13H2,1-3H3. The van der Waals surface area contributed by atoms with Crippen LogP contribution in [-0.2, 0) is 16.1 Å². The molecular weight excluding hydrogens is 396 g/mol. The van der Waals surface area contributed by atoms with Crippen molar-refractivity contribution in [2.75, 3.05) is 39.1 Å². The van der Waals surface area contributed by atoms with Gasteiger partial charge in [0.05, 0.1) is 24.1 Å². The molecule has 1 aliphatic carbocycles. The van der Waals surface area contributed by atoms with Gasteiger partial charge in [0.1, 0.15) is 12.2 Å². The van der Waals surface area contributed by atoms with Gasteiger partial charge in [-0.15, -0.1) is 0 Å². The first-order valence-corrected chi connectivity index (χ1v) is 10.2. The molecule has 31 heavy (non-hydrogen) atoms. The number of carbonyl (C=O) groups excluding carboxylic acids is 2. The number of rotatable bonds is 7. The molecule has 1 heterocycles. The zero-order chi connectivity index (χ0) is 22.1. The molecule has 8 nitrogen and oxygen atoms in total. The minimum Gasteiger partial charge on any atom is -0.465 e. The molecule has 0 fully saturated rings. The molecule has 0 bridgehead atoms. The first-order valence-electron chi connectivity index (χ1n) is 10.2. The fraction of sp³-hybridized carbons (Fsp3) is 0.304. The van der Waals surface area contributed by atoms with Crippen molar-refractivity contribution >= 4 is 28.2 Å².